The van der Waals surface area contributed by atoms with Gasteiger partial charge in [0.25, 0.3) is 0 Å². The van der Waals surface area contributed by atoms with Gasteiger partial charge in [-0.15, -0.1) is 13.2 Å². The lowest BCUT2D eigenvalue weighted by molar-refractivity contribution is -0.357. The molecule has 1 aromatic heterocycles. The number of sulfone groups is 1. The van der Waals surface area contributed by atoms with Crippen LogP contribution in [0.2, 0.25) is 10.0 Å². The monoisotopic (exact) mass is 574 g/mol. The van der Waals surface area contributed by atoms with Crippen LogP contribution in [0.4, 0.5) is 13.2 Å². The Labute approximate surface area is 222 Å². The molecule has 2 atom stereocenters. The number of alkyl halides is 3. The summed E-state index contributed by atoms with van der Waals surface area (Å²) in [6.45, 7) is 1.42. The Bertz CT molecular complexity index is 1470. The maximum atomic E-state index is 13.2. The molecule has 2 unspecified atom stereocenters. The quantitative estimate of drug-likeness (QED) is 0.337. The van der Waals surface area contributed by atoms with Crippen molar-refractivity contribution < 1.29 is 31.1 Å². The van der Waals surface area contributed by atoms with Crippen LogP contribution in [0.25, 0.3) is 11.0 Å². The highest BCUT2D eigenvalue weighted by Gasteiger charge is 2.45. The van der Waals surface area contributed by atoms with Crippen LogP contribution in [0.15, 0.2) is 59.5 Å². The molecule has 1 N–H and O–H groups in total. The second-order valence-electron chi connectivity index (χ2n) is 8.75. The van der Waals surface area contributed by atoms with Gasteiger partial charge in [-0.25, -0.2) is 13.4 Å². The minimum atomic E-state index is -4.87. The number of halogens is 5. The standard InChI is InChI=1S/C25H23Cl2F3N2O4S/c1-24(36-25(28,29)30)10-4-3-5-17(24)21-18(26)14-19-23(22(21)27)32-20(31-19)13-15-6-8-16(9-7-15)37(33,34)12-11-35-2/h3-10,14,17H,11-13H2,1-2H3,(H,31,32). The number of nitrogens with one attached hydrogen (secondary N) is 1. The van der Waals surface area contributed by atoms with E-state index in [4.69, 9.17) is 27.9 Å². The van der Waals surface area contributed by atoms with E-state index in [0.29, 0.717) is 23.3 Å². The van der Waals surface area contributed by atoms with Gasteiger partial charge in [0, 0.05) is 30.0 Å². The lowest BCUT2D eigenvalue weighted by atomic mass is 9.80. The van der Waals surface area contributed by atoms with E-state index in [0.717, 1.165) is 5.56 Å². The zero-order valence-electron chi connectivity index (χ0n) is 19.8. The third kappa shape index (κ3) is 6.04. The molecule has 4 rings (SSSR count). The zero-order valence-corrected chi connectivity index (χ0v) is 22.1. The van der Waals surface area contributed by atoms with Crippen molar-refractivity contribution in [3.05, 3.63) is 81.6 Å². The van der Waals surface area contributed by atoms with E-state index < -0.39 is 27.7 Å². The van der Waals surface area contributed by atoms with Crippen LogP contribution in [0.5, 0.6) is 0 Å². The van der Waals surface area contributed by atoms with Crippen molar-refractivity contribution in [2.75, 3.05) is 19.5 Å². The molecule has 0 saturated carbocycles. The number of imidazole rings is 1. The molecular formula is C25H23Cl2F3N2O4S. The Hall–Kier alpha value is -2.37. The maximum absolute atomic E-state index is 13.2. The first-order chi connectivity index (χ1) is 17.3. The molecule has 1 heterocycles. The summed E-state index contributed by atoms with van der Waals surface area (Å²) in [4.78, 5) is 7.87. The number of rotatable bonds is 8. The van der Waals surface area contributed by atoms with Crippen molar-refractivity contribution in [3.63, 3.8) is 0 Å². The summed E-state index contributed by atoms with van der Waals surface area (Å²) < 4.78 is 73.5. The van der Waals surface area contributed by atoms with E-state index >= 15 is 0 Å². The van der Waals surface area contributed by atoms with Crippen molar-refractivity contribution in [3.8, 4) is 0 Å². The van der Waals surface area contributed by atoms with Crippen molar-refractivity contribution in [1.82, 2.24) is 9.97 Å². The number of allylic oxidation sites excluding steroid dienone is 2. The summed E-state index contributed by atoms with van der Waals surface area (Å²) in [5.41, 5.74) is 0.164. The maximum Gasteiger partial charge on any atom is 0.523 e. The van der Waals surface area contributed by atoms with Gasteiger partial charge in [-0.05, 0) is 30.7 Å². The summed E-state index contributed by atoms with van der Waals surface area (Å²) in [6.07, 6.45) is 1.42. The minimum Gasteiger partial charge on any atom is -0.384 e. The van der Waals surface area contributed by atoms with Crippen LogP contribution in [-0.4, -0.2) is 49.8 Å². The predicted molar refractivity (Wildman–Crippen MR) is 136 cm³/mol. The fourth-order valence-corrected chi connectivity index (χ4v) is 6.19. The summed E-state index contributed by atoms with van der Waals surface area (Å²) in [7, 11) is -2.01. The molecule has 12 heteroatoms. The van der Waals surface area contributed by atoms with E-state index in [2.05, 4.69) is 14.7 Å². The first-order valence-corrected chi connectivity index (χ1v) is 13.5. The highest BCUT2D eigenvalue weighted by Crippen LogP contribution is 2.46. The number of ether oxygens (including phenoxy) is 2. The first kappa shape index (κ1) is 27.7. The molecule has 0 aliphatic heterocycles. The summed E-state index contributed by atoms with van der Waals surface area (Å²) >= 11 is 13.2. The van der Waals surface area contributed by atoms with Crippen molar-refractivity contribution in [2.45, 2.75) is 36.1 Å². The van der Waals surface area contributed by atoms with Gasteiger partial charge in [0.2, 0.25) is 0 Å². The Morgan fingerprint density at radius 3 is 2.51 bits per heavy atom. The van der Waals surface area contributed by atoms with Crippen LogP contribution in [0.1, 0.15) is 29.8 Å². The van der Waals surface area contributed by atoms with E-state index in [1.165, 1.54) is 38.3 Å². The SMILES string of the molecule is COCCS(=O)(=O)c1ccc(Cc2nc3c(Cl)c(C4C=CC=CC4(C)OC(F)(F)F)c(Cl)cc3[nH]2)cc1. The fourth-order valence-electron chi connectivity index (χ4n) is 4.28. The predicted octanol–water partition coefficient (Wildman–Crippen LogP) is 6.39. The molecule has 1 aliphatic carbocycles. The van der Waals surface area contributed by atoms with E-state index in [1.54, 1.807) is 30.4 Å². The first-order valence-electron chi connectivity index (χ1n) is 11.1. The Kier molecular flexibility index (Phi) is 7.79. The van der Waals surface area contributed by atoms with Gasteiger partial charge in [0.1, 0.15) is 16.9 Å². The topological polar surface area (TPSA) is 81.3 Å². The molecule has 198 valence electrons. The lowest BCUT2D eigenvalue weighted by Gasteiger charge is -2.36. The largest absolute Gasteiger partial charge is 0.523 e. The van der Waals surface area contributed by atoms with Gasteiger partial charge >= 0.3 is 6.36 Å². The van der Waals surface area contributed by atoms with Gasteiger partial charge in [0.05, 0.1) is 27.8 Å². The Balaban J connectivity index is 1.64. The average Bonchev–Trinajstić information content (AvgIpc) is 3.20. The third-order valence-corrected chi connectivity index (χ3v) is 8.46. The molecule has 0 amide bonds. The molecule has 1 aliphatic rings. The molecule has 2 aromatic carbocycles. The molecule has 3 aromatic rings. The van der Waals surface area contributed by atoms with Gasteiger partial charge in [-0.2, -0.15) is 0 Å². The van der Waals surface area contributed by atoms with Crippen LogP contribution in [-0.2, 0) is 25.7 Å². The molecule has 0 saturated heterocycles. The molecular weight excluding hydrogens is 552 g/mol. The highest BCUT2D eigenvalue weighted by atomic mass is 35.5. The Morgan fingerprint density at radius 2 is 1.86 bits per heavy atom. The van der Waals surface area contributed by atoms with Crippen molar-refractivity contribution >= 4 is 44.1 Å². The normalized spacial score (nSPS) is 20.1. The molecule has 0 radical (unpaired) electrons. The zero-order chi connectivity index (χ0) is 27.0. The second-order valence-corrected chi connectivity index (χ2v) is 11.6. The molecule has 37 heavy (non-hydrogen) atoms. The summed E-state index contributed by atoms with van der Waals surface area (Å²) in [5.74, 6) is -0.516. The third-order valence-electron chi connectivity index (χ3n) is 6.07. The number of methoxy groups -OCH3 is 1. The van der Waals surface area contributed by atoms with Crippen molar-refractivity contribution in [2.24, 2.45) is 0 Å². The van der Waals surface area contributed by atoms with Gasteiger partial charge in [-0.1, -0.05) is 59.6 Å². The number of aromatic amines is 1. The van der Waals surface area contributed by atoms with Crippen molar-refractivity contribution in [1.29, 1.82) is 0 Å². The summed E-state index contributed by atoms with van der Waals surface area (Å²) in [6, 6.07) is 7.99. The molecule has 0 bridgehead atoms. The number of nitrogens with zero attached hydrogens (tertiary/aromatic N) is 1. The average molecular weight is 575 g/mol. The number of hydrogen-bond donors (Lipinski definition) is 1. The highest BCUT2D eigenvalue weighted by molar-refractivity contribution is 7.91. The van der Waals surface area contributed by atoms with Crippen LogP contribution >= 0.6 is 23.2 Å². The van der Waals surface area contributed by atoms with E-state index in [1.807, 2.05) is 0 Å². The van der Waals surface area contributed by atoms with Crippen LogP contribution < -0.4 is 0 Å². The number of aromatic nitrogens is 2. The number of hydrogen-bond acceptors (Lipinski definition) is 5. The number of H-pyrrole nitrogens is 1. The lowest BCUT2D eigenvalue weighted by Crippen LogP contribution is -2.39. The molecule has 0 spiro atoms. The van der Waals surface area contributed by atoms with Gasteiger partial charge in [0.15, 0.2) is 9.84 Å². The number of benzene rings is 2. The smallest absolute Gasteiger partial charge is 0.384 e. The van der Waals surface area contributed by atoms with E-state index in [9.17, 15) is 21.6 Å². The van der Waals surface area contributed by atoms with Gasteiger partial charge < -0.3 is 9.72 Å². The van der Waals surface area contributed by atoms with Gasteiger partial charge in [-0.3, -0.25) is 4.74 Å². The fraction of sp³-hybridized carbons (Fsp3) is 0.320. The second kappa shape index (κ2) is 10.4. The molecule has 0 fully saturated rings. The minimum absolute atomic E-state index is 0.1000. The van der Waals surface area contributed by atoms with E-state index in [-0.39, 0.29) is 32.9 Å². The molecule has 6 nitrogen and oxygen atoms in total. The summed E-state index contributed by atoms with van der Waals surface area (Å²) in [5, 5.41) is 0.284. The Morgan fingerprint density at radius 1 is 1.16 bits per heavy atom. The van der Waals surface area contributed by atoms with Crippen LogP contribution in [0, 0.1) is 0 Å². The van der Waals surface area contributed by atoms with Crippen LogP contribution in [0.3, 0.4) is 0 Å². The number of fused-ring (bicyclic) bond motifs is 1.